The van der Waals surface area contributed by atoms with Gasteiger partial charge in [-0.25, -0.2) is 0 Å². The first-order valence-corrected chi connectivity index (χ1v) is 13.2. The minimum absolute atomic E-state index is 0.00409. The summed E-state index contributed by atoms with van der Waals surface area (Å²) in [5, 5.41) is 12.0. The largest absolute Gasteiger partial charge is 0.507 e. The fraction of sp³-hybridized carbons (Fsp3) is 0.429. The summed E-state index contributed by atoms with van der Waals surface area (Å²) >= 11 is 12.5. The van der Waals surface area contributed by atoms with Gasteiger partial charge >= 0.3 is 0 Å². The number of aliphatic hydroxyl groups is 1. The summed E-state index contributed by atoms with van der Waals surface area (Å²) in [6, 6.07) is 9.44. The molecule has 0 spiro atoms. The maximum absolute atomic E-state index is 13.3. The van der Waals surface area contributed by atoms with E-state index in [0.717, 1.165) is 25.2 Å². The number of carbonyl (C=O) groups excluding carboxylic acids is 2. The molecule has 0 bridgehead atoms. The molecule has 4 rings (SSSR count). The number of nitrogens with zero attached hydrogens (tertiary/aromatic N) is 2. The van der Waals surface area contributed by atoms with Crippen LogP contribution in [-0.4, -0.2) is 72.1 Å². The average Bonchev–Trinajstić information content (AvgIpc) is 3.12. The topological polar surface area (TPSA) is 79.3 Å². The van der Waals surface area contributed by atoms with Crippen LogP contribution in [0.5, 0.6) is 5.75 Å². The Bertz CT molecular complexity index is 1210. The molecular formula is C28H32Cl2N2O5. The van der Waals surface area contributed by atoms with Crippen molar-refractivity contribution in [2.45, 2.75) is 39.3 Å². The molecule has 0 aliphatic carbocycles. The number of likely N-dealkylation sites (tertiary alicyclic amines) is 1. The van der Waals surface area contributed by atoms with Gasteiger partial charge in [0.05, 0.1) is 41.0 Å². The van der Waals surface area contributed by atoms with E-state index in [2.05, 4.69) is 4.90 Å². The van der Waals surface area contributed by atoms with Crippen molar-refractivity contribution in [1.29, 1.82) is 0 Å². The van der Waals surface area contributed by atoms with Gasteiger partial charge in [0.25, 0.3) is 11.7 Å². The quantitative estimate of drug-likeness (QED) is 0.277. The van der Waals surface area contributed by atoms with Gasteiger partial charge in [0.2, 0.25) is 0 Å². The van der Waals surface area contributed by atoms with Crippen molar-refractivity contribution in [3.63, 3.8) is 0 Å². The minimum Gasteiger partial charge on any atom is -0.507 e. The fourth-order valence-electron chi connectivity index (χ4n) is 4.77. The highest BCUT2D eigenvalue weighted by Gasteiger charge is 2.46. The lowest BCUT2D eigenvalue weighted by Crippen LogP contribution is -2.38. The van der Waals surface area contributed by atoms with Gasteiger partial charge < -0.3 is 19.5 Å². The summed E-state index contributed by atoms with van der Waals surface area (Å²) in [5.74, 6) is -0.906. The third-order valence-corrected chi connectivity index (χ3v) is 7.33. The standard InChI is InChI=1S/C28H32Cl2N2O5/c1-17(2)37-23-8-6-20(15-18(23)3)26(33)24-25(19-5-7-21(29)22(30)16-19)32(28(35)27(24)34)10-4-9-31-11-13-36-14-12-31/h5-8,15-17,25,33H,4,9-14H2,1-3H3/b26-24-. The van der Waals surface area contributed by atoms with Gasteiger partial charge in [0, 0.05) is 31.7 Å². The molecule has 2 aliphatic rings. The first kappa shape index (κ1) is 27.5. The van der Waals surface area contributed by atoms with Crippen molar-refractivity contribution < 1.29 is 24.2 Å². The van der Waals surface area contributed by atoms with Crippen LogP contribution in [0.4, 0.5) is 0 Å². The molecule has 2 heterocycles. The molecule has 0 saturated carbocycles. The van der Waals surface area contributed by atoms with Crippen LogP contribution in [0.3, 0.4) is 0 Å². The molecule has 1 atom stereocenters. The van der Waals surface area contributed by atoms with Gasteiger partial charge in [-0.05, 0) is 68.7 Å². The molecule has 0 radical (unpaired) electrons. The lowest BCUT2D eigenvalue weighted by molar-refractivity contribution is -0.140. The summed E-state index contributed by atoms with van der Waals surface area (Å²) < 4.78 is 11.2. The highest BCUT2D eigenvalue weighted by Crippen LogP contribution is 2.41. The SMILES string of the molecule is Cc1cc(/C(O)=C2/C(=O)C(=O)N(CCCN3CCOCC3)C2c2ccc(Cl)c(Cl)c2)ccc1OC(C)C. The number of amides is 1. The second kappa shape index (κ2) is 11.9. The zero-order chi connectivity index (χ0) is 26.7. The van der Waals surface area contributed by atoms with Crippen molar-refractivity contribution in [2.24, 2.45) is 0 Å². The first-order chi connectivity index (χ1) is 17.7. The highest BCUT2D eigenvalue weighted by atomic mass is 35.5. The number of aryl methyl sites for hydroxylation is 1. The molecular weight excluding hydrogens is 515 g/mol. The van der Waals surface area contributed by atoms with Gasteiger partial charge in [-0.2, -0.15) is 0 Å². The molecule has 0 aromatic heterocycles. The summed E-state index contributed by atoms with van der Waals surface area (Å²) in [4.78, 5) is 30.3. The van der Waals surface area contributed by atoms with E-state index < -0.39 is 17.7 Å². The second-order valence-electron chi connectivity index (χ2n) is 9.62. The first-order valence-electron chi connectivity index (χ1n) is 12.5. The molecule has 2 aromatic carbocycles. The van der Waals surface area contributed by atoms with Gasteiger partial charge in [-0.15, -0.1) is 0 Å². The number of Topliss-reactive ketones (excluding diaryl/α,β-unsaturated/α-hetero) is 1. The molecule has 7 nitrogen and oxygen atoms in total. The third-order valence-electron chi connectivity index (χ3n) is 6.59. The van der Waals surface area contributed by atoms with Crippen LogP contribution in [0.25, 0.3) is 5.76 Å². The van der Waals surface area contributed by atoms with E-state index >= 15 is 0 Å². The van der Waals surface area contributed by atoms with Crippen molar-refractivity contribution in [1.82, 2.24) is 9.80 Å². The number of benzene rings is 2. The van der Waals surface area contributed by atoms with Gasteiger partial charge in [-0.3, -0.25) is 14.5 Å². The smallest absolute Gasteiger partial charge is 0.295 e. The van der Waals surface area contributed by atoms with E-state index in [4.69, 9.17) is 32.7 Å². The van der Waals surface area contributed by atoms with E-state index in [1.807, 2.05) is 20.8 Å². The molecule has 198 valence electrons. The van der Waals surface area contributed by atoms with Crippen LogP contribution < -0.4 is 4.74 Å². The van der Waals surface area contributed by atoms with Crippen LogP contribution in [0, 0.1) is 6.92 Å². The lowest BCUT2D eigenvalue weighted by atomic mass is 9.94. The van der Waals surface area contributed by atoms with E-state index in [9.17, 15) is 14.7 Å². The van der Waals surface area contributed by atoms with E-state index in [1.54, 1.807) is 36.4 Å². The second-order valence-corrected chi connectivity index (χ2v) is 10.4. The van der Waals surface area contributed by atoms with Gasteiger partial charge in [0.15, 0.2) is 0 Å². The van der Waals surface area contributed by atoms with Crippen molar-refractivity contribution in [3.05, 3.63) is 68.7 Å². The number of halogens is 2. The average molecular weight is 547 g/mol. The fourth-order valence-corrected chi connectivity index (χ4v) is 5.07. The highest BCUT2D eigenvalue weighted by molar-refractivity contribution is 6.46. The predicted molar refractivity (Wildman–Crippen MR) is 144 cm³/mol. The number of hydrogen-bond donors (Lipinski definition) is 1. The molecule has 1 unspecified atom stereocenters. The van der Waals surface area contributed by atoms with E-state index in [1.165, 1.54) is 4.90 Å². The van der Waals surface area contributed by atoms with Crippen LogP contribution in [0.2, 0.25) is 10.0 Å². The Morgan fingerprint density at radius 1 is 1.08 bits per heavy atom. The number of rotatable bonds is 8. The number of morpholine rings is 1. The summed E-state index contributed by atoms with van der Waals surface area (Å²) in [5.41, 5.74) is 1.89. The zero-order valence-electron chi connectivity index (χ0n) is 21.3. The molecule has 2 saturated heterocycles. The van der Waals surface area contributed by atoms with Crippen molar-refractivity contribution in [2.75, 3.05) is 39.4 Å². The number of aliphatic hydroxyl groups excluding tert-OH is 1. The minimum atomic E-state index is -0.786. The van der Waals surface area contributed by atoms with Crippen LogP contribution in [0.1, 0.15) is 43.0 Å². The molecule has 2 aliphatic heterocycles. The van der Waals surface area contributed by atoms with Crippen molar-refractivity contribution in [3.8, 4) is 5.75 Å². The maximum Gasteiger partial charge on any atom is 0.295 e. The van der Waals surface area contributed by atoms with E-state index in [-0.39, 0.29) is 17.4 Å². The summed E-state index contributed by atoms with van der Waals surface area (Å²) in [7, 11) is 0. The Kier molecular flexibility index (Phi) is 8.80. The molecule has 2 aromatic rings. The maximum atomic E-state index is 13.3. The molecule has 9 heteroatoms. The molecule has 37 heavy (non-hydrogen) atoms. The molecule has 2 fully saturated rings. The monoisotopic (exact) mass is 546 g/mol. The van der Waals surface area contributed by atoms with Gasteiger partial charge in [-0.1, -0.05) is 29.3 Å². The Morgan fingerprint density at radius 3 is 2.46 bits per heavy atom. The van der Waals surface area contributed by atoms with Crippen LogP contribution in [0.15, 0.2) is 42.0 Å². The van der Waals surface area contributed by atoms with Crippen molar-refractivity contribution >= 4 is 40.7 Å². The number of hydrogen-bond acceptors (Lipinski definition) is 6. The van der Waals surface area contributed by atoms with Gasteiger partial charge in [0.1, 0.15) is 11.5 Å². The van der Waals surface area contributed by atoms with E-state index in [0.29, 0.717) is 53.1 Å². The normalized spacial score (nSPS) is 20.2. The summed E-state index contributed by atoms with van der Waals surface area (Å²) in [6.07, 6.45) is 0.668. The molecule has 1 amide bonds. The summed E-state index contributed by atoms with van der Waals surface area (Å²) in [6.45, 7) is 9.92. The lowest BCUT2D eigenvalue weighted by Gasteiger charge is -2.29. The molecule has 1 N–H and O–H groups in total. The predicted octanol–water partition coefficient (Wildman–Crippen LogP) is 5.23. The number of ketones is 1. The zero-order valence-corrected chi connectivity index (χ0v) is 22.8. The third kappa shape index (κ3) is 6.12. The van der Waals surface area contributed by atoms with Crippen LogP contribution in [-0.2, 0) is 14.3 Å². The number of carbonyl (C=O) groups is 2. The number of ether oxygens (including phenoxy) is 2. The Balaban J connectivity index is 1.70. The Morgan fingerprint density at radius 2 is 1.81 bits per heavy atom. The Hall–Kier alpha value is -2.58. The Labute approximate surface area is 227 Å². The van der Waals surface area contributed by atoms with Crippen LogP contribution >= 0.6 is 23.2 Å².